The fraction of sp³-hybridized carbons (Fsp3) is 0.235. The maximum absolute atomic E-state index is 12.5. The number of hydrogen-bond acceptors (Lipinski definition) is 1. The number of carbonyl (C=O) groups excluding carboxylic acids is 1. The zero-order valence-electron chi connectivity index (χ0n) is 11.4. The summed E-state index contributed by atoms with van der Waals surface area (Å²) in [6.45, 7) is 4.25. The molecule has 2 aromatic carbocycles. The minimum atomic E-state index is 0.129. The van der Waals surface area contributed by atoms with Gasteiger partial charge in [0.2, 0.25) is 0 Å². The van der Waals surface area contributed by atoms with Crippen LogP contribution >= 0.6 is 0 Å². The van der Waals surface area contributed by atoms with E-state index in [2.05, 4.69) is 26.0 Å². The van der Waals surface area contributed by atoms with Crippen LogP contribution < -0.4 is 4.35 Å². The summed E-state index contributed by atoms with van der Waals surface area (Å²) in [4.78, 5) is 12.5. The first kappa shape index (κ1) is 14.1. The first-order valence-electron chi connectivity index (χ1n) is 6.67. The van der Waals surface area contributed by atoms with Crippen LogP contribution in [-0.4, -0.2) is 22.6 Å². The van der Waals surface area contributed by atoms with Gasteiger partial charge in [0.25, 0.3) is 0 Å². The van der Waals surface area contributed by atoms with Crippen molar-refractivity contribution in [3.05, 3.63) is 64.7 Å². The van der Waals surface area contributed by atoms with Gasteiger partial charge in [0.05, 0.1) is 0 Å². The van der Waals surface area contributed by atoms with Crippen LogP contribution in [0.5, 0.6) is 0 Å². The first-order valence-corrected chi connectivity index (χ1v) is 7.88. The Morgan fingerprint density at radius 2 is 1.53 bits per heavy atom. The molecule has 0 N–H and O–H groups in total. The monoisotopic (exact) mass is 314 g/mol. The molecular weight excluding hydrogens is 295 g/mol. The Bertz CT molecular complexity index is 585. The average Bonchev–Trinajstić information content (AvgIpc) is 2.46. The molecule has 0 aliphatic carbocycles. The first-order chi connectivity index (χ1) is 9.15. The van der Waals surface area contributed by atoms with E-state index in [0.29, 0.717) is 0 Å². The third kappa shape index (κ3) is 3.16. The third-order valence-electron chi connectivity index (χ3n) is 3.39. The summed E-state index contributed by atoms with van der Waals surface area (Å²) in [6.07, 6.45) is 2.01. The van der Waals surface area contributed by atoms with E-state index in [0.717, 1.165) is 28.3 Å². The predicted octanol–water partition coefficient (Wildman–Crippen LogP) is 2.30. The molecule has 1 unspecified atom stereocenters. The molecule has 2 rings (SSSR count). The van der Waals surface area contributed by atoms with Gasteiger partial charge in [0, 0.05) is 0 Å². The van der Waals surface area contributed by atoms with Crippen LogP contribution in [0.2, 0.25) is 0 Å². The molecule has 0 amide bonds. The van der Waals surface area contributed by atoms with Crippen LogP contribution in [0.15, 0.2) is 42.5 Å². The van der Waals surface area contributed by atoms with Gasteiger partial charge in [-0.2, -0.15) is 0 Å². The summed E-state index contributed by atoms with van der Waals surface area (Å²) in [5, 5.41) is 0. The minimum absolute atomic E-state index is 0.129. The molecule has 0 bridgehead atoms. The van der Waals surface area contributed by atoms with E-state index in [-0.39, 0.29) is 5.78 Å². The predicted molar refractivity (Wildman–Crippen MR) is 83.3 cm³/mol. The third-order valence-corrected chi connectivity index (χ3v) is 4.40. The summed E-state index contributed by atoms with van der Waals surface area (Å²) in [5.74, 6) is 0.129. The summed E-state index contributed by atoms with van der Waals surface area (Å²) in [5.41, 5.74) is 4.16. The van der Waals surface area contributed by atoms with Crippen molar-refractivity contribution in [2.24, 2.45) is 0 Å². The number of rotatable bonds is 4. The van der Waals surface area contributed by atoms with Crippen molar-refractivity contribution in [2.45, 2.75) is 26.7 Å². The molecule has 1 nitrogen and oxygen atoms in total. The number of benzene rings is 2. The molecular formula is C17H19AsO. The number of hydrogen-bond donors (Lipinski definition) is 0. The topological polar surface area (TPSA) is 17.1 Å². The molecule has 0 heterocycles. The Hall–Kier alpha value is -1.33. The SMILES string of the molecule is CCc1ccc(C(=O)c2ccc(CC)cc2[AsH2])cc1. The van der Waals surface area contributed by atoms with Gasteiger partial charge < -0.3 is 0 Å². The van der Waals surface area contributed by atoms with Crippen LogP contribution in [0.1, 0.15) is 40.9 Å². The van der Waals surface area contributed by atoms with Gasteiger partial charge in [-0.3, -0.25) is 0 Å². The Morgan fingerprint density at radius 1 is 0.947 bits per heavy atom. The van der Waals surface area contributed by atoms with Gasteiger partial charge >= 0.3 is 123 Å². The second-order valence-corrected chi connectivity index (χ2v) is 5.96. The van der Waals surface area contributed by atoms with E-state index < -0.39 is 0 Å². The molecule has 0 fully saturated rings. The van der Waals surface area contributed by atoms with Crippen molar-refractivity contribution in [1.29, 1.82) is 0 Å². The molecule has 2 heteroatoms. The van der Waals surface area contributed by atoms with Crippen molar-refractivity contribution in [3.8, 4) is 0 Å². The van der Waals surface area contributed by atoms with Crippen LogP contribution in [0.4, 0.5) is 0 Å². The van der Waals surface area contributed by atoms with Crippen molar-refractivity contribution in [2.75, 3.05) is 0 Å². The zero-order valence-corrected chi connectivity index (χ0v) is 13.9. The molecule has 0 aliphatic heterocycles. The van der Waals surface area contributed by atoms with Crippen molar-refractivity contribution >= 4 is 27.0 Å². The summed E-state index contributed by atoms with van der Waals surface area (Å²) >= 11 is 1.51. The second-order valence-electron chi connectivity index (χ2n) is 4.65. The van der Waals surface area contributed by atoms with Crippen molar-refractivity contribution in [3.63, 3.8) is 0 Å². The van der Waals surface area contributed by atoms with Gasteiger partial charge in [-0.05, 0) is 0 Å². The number of carbonyl (C=O) groups is 1. The molecule has 0 aromatic heterocycles. The Labute approximate surface area is 123 Å². The Balaban J connectivity index is 2.32. The molecule has 98 valence electrons. The number of ketones is 1. The van der Waals surface area contributed by atoms with E-state index in [1.54, 1.807) is 0 Å². The van der Waals surface area contributed by atoms with Crippen LogP contribution in [0.25, 0.3) is 0 Å². The maximum atomic E-state index is 12.5. The molecule has 0 saturated carbocycles. The van der Waals surface area contributed by atoms with Gasteiger partial charge in [0.15, 0.2) is 0 Å². The molecule has 0 aliphatic rings. The van der Waals surface area contributed by atoms with Gasteiger partial charge in [-0.25, -0.2) is 0 Å². The average molecular weight is 314 g/mol. The molecule has 0 saturated heterocycles. The van der Waals surface area contributed by atoms with Gasteiger partial charge in [-0.15, -0.1) is 0 Å². The fourth-order valence-electron chi connectivity index (χ4n) is 2.09. The summed E-state index contributed by atoms with van der Waals surface area (Å²) < 4.78 is 1.12. The quantitative estimate of drug-likeness (QED) is 0.625. The number of aryl methyl sites for hydroxylation is 2. The Morgan fingerprint density at radius 3 is 2.05 bits per heavy atom. The van der Waals surface area contributed by atoms with Crippen LogP contribution in [0.3, 0.4) is 0 Å². The normalized spacial score (nSPS) is 10.5. The summed E-state index contributed by atoms with van der Waals surface area (Å²) in [6, 6.07) is 14.1. The molecule has 1 atom stereocenters. The standard InChI is InChI=1S/C17H19AsO/c1-3-12-5-8-14(9-6-12)17(19)15-10-7-13(4-2)11-16(15)18/h5-11H,3-4,18H2,1-2H3. The Kier molecular flexibility index (Phi) is 4.60. The molecule has 0 spiro atoms. The molecule has 2 aromatic rings. The van der Waals surface area contributed by atoms with Crippen molar-refractivity contribution in [1.82, 2.24) is 0 Å². The van der Waals surface area contributed by atoms with E-state index >= 15 is 0 Å². The molecule has 0 radical (unpaired) electrons. The van der Waals surface area contributed by atoms with Gasteiger partial charge in [-0.1, -0.05) is 0 Å². The fourth-order valence-corrected chi connectivity index (χ4v) is 3.01. The zero-order chi connectivity index (χ0) is 13.8. The van der Waals surface area contributed by atoms with E-state index in [9.17, 15) is 4.79 Å². The van der Waals surface area contributed by atoms with E-state index in [1.165, 1.54) is 28.0 Å². The van der Waals surface area contributed by atoms with Crippen molar-refractivity contribution < 1.29 is 4.79 Å². The van der Waals surface area contributed by atoms with Crippen LogP contribution in [0, 0.1) is 0 Å². The second kappa shape index (κ2) is 6.21. The van der Waals surface area contributed by atoms with Crippen LogP contribution in [-0.2, 0) is 12.8 Å². The van der Waals surface area contributed by atoms with E-state index in [4.69, 9.17) is 0 Å². The summed E-state index contributed by atoms with van der Waals surface area (Å²) in [7, 11) is 0. The van der Waals surface area contributed by atoms with Gasteiger partial charge in [0.1, 0.15) is 0 Å². The molecule has 19 heavy (non-hydrogen) atoms. The van der Waals surface area contributed by atoms with E-state index in [1.807, 2.05) is 30.3 Å².